The fourth-order valence-electron chi connectivity index (χ4n) is 1.33. The lowest BCUT2D eigenvalue weighted by Gasteiger charge is -2.05. The van der Waals surface area contributed by atoms with E-state index in [1.807, 2.05) is 11.4 Å². The number of carbonyl (C=O) groups excluding carboxylic acids is 1. The van der Waals surface area contributed by atoms with Crippen LogP contribution in [-0.2, 0) is 16.1 Å². The largest absolute Gasteiger partial charge is 0.383 e. The summed E-state index contributed by atoms with van der Waals surface area (Å²) in [5.74, 6) is 0.0171. The highest BCUT2D eigenvalue weighted by molar-refractivity contribution is 7.10. The van der Waals surface area contributed by atoms with Crippen LogP contribution in [0.25, 0.3) is 0 Å². The summed E-state index contributed by atoms with van der Waals surface area (Å²) in [6, 6.07) is 3.95. The molecule has 98 valence electrons. The number of thiophene rings is 1. The van der Waals surface area contributed by atoms with E-state index >= 15 is 0 Å². The van der Waals surface area contributed by atoms with E-state index in [0.717, 1.165) is 4.88 Å². The molecule has 0 saturated carbocycles. The number of nitriles is 1. The number of hydrogen-bond donors (Lipinski definition) is 2. The van der Waals surface area contributed by atoms with Crippen LogP contribution in [0.1, 0.15) is 16.9 Å². The van der Waals surface area contributed by atoms with Gasteiger partial charge in [-0.25, -0.2) is 0 Å². The molecule has 1 rings (SSSR count). The standard InChI is InChI=1S/C12H17N3O2S/c1-17-5-4-15-12(16)2-3-14-8-11-6-10(7-13)9-18-11/h6,9,14H,2-5,8H2,1H3,(H,15,16). The molecule has 5 nitrogen and oxygen atoms in total. The van der Waals surface area contributed by atoms with E-state index in [4.69, 9.17) is 10.00 Å². The first-order valence-corrected chi connectivity index (χ1v) is 6.58. The number of rotatable bonds is 8. The molecule has 2 N–H and O–H groups in total. The quantitative estimate of drug-likeness (QED) is 0.685. The van der Waals surface area contributed by atoms with Gasteiger partial charge in [0.05, 0.1) is 12.2 Å². The summed E-state index contributed by atoms with van der Waals surface area (Å²) in [4.78, 5) is 12.4. The summed E-state index contributed by atoms with van der Waals surface area (Å²) in [5, 5.41) is 16.4. The van der Waals surface area contributed by atoms with Crippen LogP contribution >= 0.6 is 11.3 Å². The van der Waals surface area contributed by atoms with Gasteiger partial charge in [0.1, 0.15) is 6.07 Å². The molecule has 1 aromatic rings. The number of amides is 1. The lowest BCUT2D eigenvalue weighted by atomic mass is 10.3. The molecule has 18 heavy (non-hydrogen) atoms. The minimum Gasteiger partial charge on any atom is -0.383 e. The van der Waals surface area contributed by atoms with Crippen molar-refractivity contribution in [3.05, 3.63) is 21.9 Å². The van der Waals surface area contributed by atoms with E-state index < -0.39 is 0 Å². The monoisotopic (exact) mass is 267 g/mol. The van der Waals surface area contributed by atoms with Gasteiger partial charge in [-0.05, 0) is 6.07 Å². The average Bonchev–Trinajstić information content (AvgIpc) is 2.83. The zero-order valence-electron chi connectivity index (χ0n) is 10.4. The molecule has 0 saturated heterocycles. The van der Waals surface area contributed by atoms with Gasteiger partial charge in [-0.2, -0.15) is 5.26 Å². The number of hydrogen-bond acceptors (Lipinski definition) is 5. The number of nitrogens with one attached hydrogen (secondary N) is 2. The summed E-state index contributed by atoms with van der Waals surface area (Å²) in [6.07, 6.45) is 0.445. The van der Waals surface area contributed by atoms with Crippen LogP contribution in [0.15, 0.2) is 11.4 Å². The molecule has 0 bridgehead atoms. The van der Waals surface area contributed by atoms with Gasteiger partial charge in [-0.3, -0.25) is 4.79 Å². The number of methoxy groups -OCH3 is 1. The van der Waals surface area contributed by atoms with Crippen LogP contribution < -0.4 is 10.6 Å². The van der Waals surface area contributed by atoms with Gasteiger partial charge >= 0.3 is 0 Å². The van der Waals surface area contributed by atoms with Crippen molar-refractivity contribution in [2.24, 2.45) is 0 Å². The van der Waals surface area contributed by atoms with Crippen LogP contribution in [0.4, 0.5) is 0 Å². The first-order chi connectivity index (χ1) is 8.76. The third-order valence-corrected chi connectivity index (χ3v) is 3.18. The minimum atomic E-state index is 0.0171. The Balaban J connectivity index is 2.08. The highest BCUT2D eigenvalue weighted by Gasteiger charge is 2.01. The highest BCUT2D eigenvalue weighted by Crippen LogP contribution is 2.13. The molecule has 0 aliphatic heterocycles. The second-order valence-corrected chi connectivity index (χ2v) is 4.68. The molecule has 1 heterocycles. The fourth-order valence-corrected chi connectivity index (χ4v) is 2.11. The van der Waals surface area contributed by atoms with Gasteiger partial charge < -0.3 is 15.4 Å². The summed E-state index contributed by atoms with van der Waals surface area (Å²) in [5.41, 5.74) is 0.689. The second kappa shape index (κ2) is 8.64. The molecule has 6 heteroatoms. The molecule has 0 radical (unpaired) electrons. The molecular weight excluding hydrogens is 250 g/mol. The fraction of sp³-hybridized carbons (Fsp3) is 0.500. The lowest BCUT2D eigenvalue weighted by Crippen LogP contribution is -2.29. The van der Waals surface area contributed by atoms with E-state index in [2.05, 4.69) is 16.7 Å². The Morgan fingerprint density at radius 3 is 3.06 bits per heavy atom. The molecule has 0 aliphatic carbocycles. The van der Waals surface area contributed by atoms with Crippen LogP contribution in [0.5, 0.6) is 0 Å². The highest BCUT2D eigenvalue weighted by atomic mass is 32.1. The molecule has 0 aromatic carbocycles. The number of ether oxygens (including phenoxy) is 1. The van der Waals surface area contributed by atoms with E-state index in [-0.39, 0.29) is 5.91 Å². The van der Waals surface area contributed by atoms with Crippen molar-refractivity contribution < 1.29 is 9.53 Å². The number of carbonyl (C=O) groups is 1. The SMILES string of the molecule is COCCNC(=O)CCNCc1cc(C#N)cs1. The zero-order valence-corrected chi connectivity index (χ0v) is 11.2. The molecule has 0 atom stereocenters. The molecule has 0 spiro atoms. The Labute approximate surface area is 111 Å². The van der Waals surface area contributed by atoms with Crippen molar-refractivity contribution in [3.63, 3.8) is 0 Å². The molecule has 1 aromatic heterocycles. The first kappa shape index (κ1) is 14.6. The van der Waals surface area contributed by atoms with Gasteiger partial charge in [0.2, 0.25) is 5.91 Å². The van der Waals surface area contributed by atoms with Crippen LogP contribution in [0, 0.1) is 11.3 Å². The Kier molecular flexibility index (Phi) is 7.03. The first-order valence-electron chi connectivity index (χ1n) is 5.70. The number of nitrogens with zero attached hydrogens (tertiary/aromatic N) is 1. The lowest BCUT2D eigenvalue weighted by molar-refractivity contribution is -0.121. The predicted octanol–water partition coefficient (Wildman–Crippen LogP) is 0.862. The third-order valence-electron chi connectivity index (χ3n) is 2.24. The van der Waals surface area contributed by atoms with E-state index in [9.17, 15) is 4.79 Å². The maximum Gasteiger partial charge on any atom is 0.221 e. The van der Waals surface area contributed by atoms with Crippen molar-refractivity contribution in [3.8, 4) is 6.07 Å². The van der Waals surface area contributed by atoms with Crippen molar-refractivity contribution in [1.29, 1.82) is 5.26 Å². The third kappa shape index (κ3) is 5.77. The van der Waals surface area contributed by atoms with Crippen molar-refractivity contribution >= 4 is 17.2 Å². The topological polar surface area (TPSA) is 74.2 Å². The molecule has 0 aliphatic rings. The molecule has 0 unspecified atom stereocenters. The smallest absolute Gasteiger partial charge is 0.221 e. The summed E-state index contributed by atoms with van der Waals surface area (Å²) in [6.45, 7) is 2.40. The summed E-state index contributed by atoms with van der Waals surface area (Å²) >= 11 is 1.55. The zero-order chi connectivity index (χ0) is 13.2. The van der Waals surface area contributed by atoms with Crippen LogP contribution in [0.3, 0.4) is 0 Å². The molecular formula is C12H17N3O2S. The van der Waals surface area contributed by atoms with E-state index in [1.54, 1.807) is 18.4 Å². The van der Waals surface area contributed by atoms with Crippen molar-refractivity contribution in [2.75, 3.05) is 26.8 Å². The van der Waals surface area contributed by atoms with Gasteiger partial charge in [-0.15, -0.1) is 11.3 Å². The predicted molar refractivity (Wildman–Crippen MR) is 70.2 cm³/mol. The Hall–Kier alpha value is -1.42. The summed E-state index contributed by atoms with van der Waals surface area (Å²) in [7, 11) is 1.60. The van der Waals surface area contributed by atoms with Gasteiger partial charge in [0, 0.05) is 43.4 Å². The Bertz CT molecular complexity index is 412. The van der Waals surface area contributed by atoms with Gasteiger partial charge in [0.25, 0.3) is 0 Å². The van der Waals surface area contributed by atoms with Gasteiger partial charge in [-0.1, -0.05) is 0 Å². The minimum absolute atomic E-state index is 0.0171. The van der Waals surface area contributed by atoms with Crippen molar-refractivity contribution in [1.82, 2.24) is 10.6 Å². The Morgan fingerprint density at radius 1 is 1.56 bits per heavy atom. The normalized spacial score (nSPS) is 10.0. The maximum absolute atomic E-state index is 11.3. The maximum atomic E-state index is 11.3. The van der Waals surface area contributed by atoms with E-state index in [1.165, 1.54) is 0 Å². The van der Waals surface area contributed by atoms with Gasteiger partial charge in [0.15, 0.2) is 0 Å². The second-order valence-electron chi connectivity index (χ2n) is 3.68. The van der Waals surface area contributed by atoms with E-state index in [0.29, 0.717) is 38.2 Å². The van der Waals surface area contributed by atoms with Crippen molar-refractivity contribution in [2.45, 2.75) is 13.0 Å². The molecule has 0 fully saturated rings. The van der Waals surface area contributed by atoms with Crippen LogP contribution in [0.2, 0.25) is 0 Å². The Morgan fingerprint density at radius 2 is 2.39 bits per heavy atom. The average molecular weight is 267 g/mol. The summed E-state index contributed by atoms with van der Waals surface area (Å²) < 4.78 is 4.83. The molecule has 1 amide bonds. The van der Waals surface area contributed by atoms with Crippen LogP contribution in [-0.4, -0.2) is 32.7 Å².